The first kappa shape index (κ1) is 23.4. The average Bonchev–Trinajstić information content (AvgIpc) is 2.75. The molecular weight excluding hydrogens is 432 g/mol. The third-order valence-electron chi connectivity index (χ3n) is 4.86. The van der Waals surface area contributed by atoms with Crippen molar-refractivity contribution in [2.24, 2.45) is 5.41 Å². The lowest BCUT2D eigenvalue weighted by atomic mass is 9.97. The summed E-state index contributed by atoms with van der Waals surface area (Å²) >= 11 is 8.28. The van der Waals surface area contributed by atoms with Crippen molar-refractivity contribution in [1.29, 1.82) is 0 Å². The number of thioether (sulfide) groups is 1. The number of anilines is 1. The van der Waals surface area contributed by atoms with Crippen LogP contribution in [0.5, 0.6) is 11.5 Å². The van der Waals surface area contributed by atoms with Crippen LogP contribution in [0.4, 0.5) is 5.82 Å². The second-order valence-electron chi connectivity index (χ2n) is 8.37. The topological polar surface area (TPSA) is 69.2 Å². The Labute approximate surface area is 193 Å². The Morgan fingerprint density at radius 3 is 2.39 bits per heavy atom. The van der Waals surface area contributed by atoms with Crippen molar-refractivity contribution in [3.63, 3.8) is 0 Å². The molecule has 0 fully saturated rings. The van der Waals surface area contributed by atoms with E-state index in [1.807, 2.05) is 24.6 Å². The highest BCUT2D eigenvalue weighted by Gasteiger charge is 2.22. The van der Waals surface area contributed by atoms with E-state index in [4.69, 9.17) is 31.0 Å². The SMILES string of the molecule is CCc1c(OC)cc(OC)c(Cl)c1-c1cc2cnc(SC)nc2c(NCC(C)(C)C)n1. The molecule has 0 aliphatic carbocycles. The second kappa shape index (κ2) is 9.49. The van der Waals surface area contributed by atoms with Gasteiger partial charge < -0.3 is 14.8 Å². The van der Waals surface area contributed by atoms with E-state index in [-0.39, 0.29) is 5.41 Å². The highest BCUT2D eigenvalue weighted by atomic mass is 35.5. The lowest BCUT2D eigenvalue weighted by molar-refractivity contribution is 0.392. The summed E-state index contributed by atoms with van der Waals surface area (Å²) in [6.45, 7) is 9.33. The smallest absolute Gasteiger partial charge is 0.187 e. The molecule has 2 heterocycles. The fourth-order valence-electron chi connectivity index (χ4n) is 3.32. The van der Waals surface area contributed by atoms with Crippen molar-refractivity contribution in [1.82, 2.24) is 15.0 Å². The van der Waals surface area contributed by atoms with Gasteiger partial charge in [0.15, 0.2) is 11.0 Å². The summed E-state index contributed by atoms with van der Waals surface area (Å²) in [5.74, 6) is 1.98. The van der Waals surface area contributed by atoms with Crippen LogP contribution in [0.2, 0.25) is 5.02 Å². The highest BCUT2D eigenvalue weighted by molar-refractivity contribution is 7.98. The number of nitrogens with one attached hydrogen (secondary N) is 1. The third-order valence-corrected chi connectivity index (χ3v) is 5.80. The Bertz CT molecular complexity index is 1100. The monoisotopic (exact) mass is 460 g/mol. The summed E-state index contributed by atoms with van der Waals surface area (Å²) < 4.78 is 11.1. The zero-order valence-electron chi connectivity index (χ0n) is 19.1. The fourth-order valence-corrected chi connectivity index (χ4v) is 4.00. The maximum atomic E-state index is 6.78. The van der Waals surface area contributed by atoms with Crippen molar-refractivity contribution in [2.75, 3.05) is 32.3 Å². The Morgan fingerprint density at radius 2 is 1.81 bits per heavy atom. The summed E-state index contributed by atoms with van der Waals surface area (Å²) in [5.41, 5.74) is 3.36. The Balaban J connectivity index is 2.30. The normalized spacial score (nSPS) is 11.6. The minimum Gasteiger partial charge on any atom is -0.496 e. The Morgan fingerprint density at radius 1 is 1.10 bits per heavy atom. The summed E-state index contributed by atoms with van der Waals surface area (Å²) in [7, 11) is 3.24. The zero-order valence-corrected chi connectivity index (χ0v) is 20.7. The largest absolute Gasteiger partial charge is 0.496 e. The van der Waals surface area contributed by atoms with Gasteiger partial charge in [0.25, 0.3) is 0 Å². The van der Waals surface area contributed by atoms with Crippen molar-refractivity contribution in [3.05, 3.63) is 28.9 Å². The number of pyridine rings is 1. The summed E-state index contributed by atoms with van der Waals surface area (Å²) in [6, 6.07) is 3.79. The summed E-state index contributed by atoms with van der Waals surface area (Å²) in [6.07, 6.45) is 4.52. The molecule has 0 aliphatic heterocycles. The first-order valence-corrected chi connectivity index (χ1v) is 11.7. The fraction of sp³-hybridized carbons (Fsp3) is 0.435. The standard InChI is InChI=1S/C23H29ClN4O2S/c1-8-14-16(29-5)10-17(30-6)19(24)18(14)15-9-13-11-25-22(31-7)28-20(13)21(27-15)26-12-23(2,3)4/h9-11H,8,12H2,1-7H3,(H,26,27). The molecule has 3 aromatic rings. The number of aromatic nitrogens is 3. The van der Waals surface area contributed by atoms with Crippen LogP contribution < -0.4 is 14.8 Å². The first-order valence-electron chi connectivity index (χ1n) is 10.1. The molecule has 0 bridgehead atoms. The van der Waals surface area contributed by atoms with Gasteiger partial charge in [0.1, 0.15) is 17.0 Å². The molecule has 0 amide bonds. The van der Waals surface area contributed by atoms with Gasteiger partial charge in [0.05, 0.1) is 24.9 Å². The number of fused-ring (bicyclic) bond motifs is 1. The third kappa shape index (κ3) is 4.99. The number of benzene rings is 1. The van der Waals surface area contributed by atoms with Gasteiger partial charge in [0.2, 0.25) is 0 Å². The molecule has 0 aliphatic rings. The molecule has 2 aromatic heterocycles. The van der Waals surface area contributed by atoms with Crippen LogP contribution in [-0.4, -0.2) is 42.0 Å². The average molecular weight is 461 g/mol. The number of ether oxygens (including phenoxy) is 2. The molecule has 3 rings (SSSR count). The maximum Gasteiger partial charge on any atom is 0.187 e. The Kier molecular flexibility index (Phi) is 7.17. The molecule has 8 heteroatoms. The van der Waals surface area contributed by atoms with Gasteiger partial charge >= 0.3 is 0 Å². The molecule has 0 saturated heterocycles. The van der Waals surface area contributed by atoms with Crippen molar-refractivity contribution in [3.8, 4) is 22.8 Å². The van der Waals surface area contributed by atoms with Gasteiger partial charge in [-0.25, -0.2) is 15.0 Å². The maximum absolute atomic E-state index is 6.78. The van der Waals surface area contributed by atoms with Gasteiger partial charge in [-0.3, -0.25) is 0 Å². The Hall–Kier alpha value is -2.25. The van der Waals surface area contributed by atoms with E-state index in [1.165, 1.54) is 11.8 Å². The number of nitrogens with zero attached hydrogens (tertiary/aromatic N) is 3. The van der Waals surface area contributed by atoms with E-state index in [0.717, 1.165) is 46.4 Å². The molecule has 0 radical (unpaired) electrons. The predicted molar refractivity (Wildman–Crippen MR) is 130 cm³/mol. The first-order chi connectivity index (χ1) is 14.7. The number of hydrogen-bond acceptors (Lipinski definition) is 7. The van der Waals surface area contributed by atoms with Crippen LogP contribution in [0.25, 0.3) is 22.2 Å². The van der Waals surface area contributed by atoms with Gasteiger partial charge in [-0.1, -0.05) is 51.1 Å². The molecule has 1 N–H and O–H groups in total. The number of methoxy groups -OCH3 is 2. The number of halogens is 1. The van der Waals surface area contributed by atoms with E-state index in [2.05, 4.69) is 38.0 Å². The number of hydrogen-bond donors (Lipinski definition) is 1. The van der Waals surface area contributed by atoms with Crippen LogP contribution in [0, 0.1) is 5.41 Å². The minimum atomic E-state index is 0.0742. The van der Waals surface area contributed by atoms with Crippen LogP contribution in [0.15, 0.2) is 23.5 Å². The molecule has 6 nitrogen and oxygen atoms in total. The van der Waals surface area contributed by atoms with Crippen molar-refractivity contribution < 1.29 is 9.47 Å². The van der Waals surface area contributed by atoms with Gasteiger partial charge in [0, 0.05) is 35.3 Å². The van der Waals surface area contributed by atoms with Gasteiger partial charge in [-0.05, 0) is 24.2 Å². The van der Waals surface area contributed by atoms with Crippen LogP contribution in [-0.2, 0) is 6.42 Å². The highest BCUT2D eigenvalue weighted by Crippen LogP contribution is 2.44. The molecule has 1 aromatic carbocycles. The lowest BCUT2D eigenvalue weighted by Gasteiger charge is -2.21. The van der Waals surface area contributed by atoms with Crippen LogP contribution in [0.3, 0.4) is 0 Å². The minimum absolute atomic E-state index is 0.0742. The van der Waals surface area contributed by atoms with E-state index in [9.17, 15) is 0 Å². The van der Waals surface area contributed by atoms with Crippen LogP contribution in [0.1, 0.15) is 33.3 Å². The van der Waals surface area contributed by atoms with Gasteiger partial charge in [-0.15, -0.1) is 0 Å². The molecule has 0 unspecified atom stereocenters. The van der Waals surface area contributed by atoms with Crippen LogP contribution >= 0.6 is 23.4 Å². The second-order valence-corrected chi connectivity index (χ2v) is 9.52. The quantitative estimate of drug-likeness (QED) is 0.337. The van der Waals surface area contributed by atoms with E-state index >= 15 is 0 Å². The van der Waals surface area contributed by atoms with Crippen molar-refractivity contribution in [2.45, 2.75) is 39.3 Å². The van der Waals surface area contributed by atoms with E-state index < -0.39 is 0 Å². The van der Waals surface area contributed by atoms with E-state index in [1.54, 1.807) is 14.2 Å². The summed E-state index contributed by atoms with van der Waals surface area (Å²) in [5, 5.41) is 5.59. The summed E-state index contributed by atoms with van der Waals surface area (Å²) in [4.78, 5) is 14.1. The van der Waals surface area contributed by atoms with Gasteiger partial charge in [-0.2, -0.15) is 0 Å². The molecule has 31 heavy (non-hydrogen) atoms. The molecule has 166 valence electrons. The molecule has 0 atom stereocenters. The van der Waals surface area contributed by atoms with Crippen molar-refractivity contribution >= 4 is 40.1 Å². The molecule has 0 saturated carbocycles. The molecule has 0 spiro atoms. The van der Waals surface area contributed by atoms with E-state index in [0.29, 0.717) is 21.7 Å². The molecular formula is C23H29ClN4O2S. The lowest BCUT2D eigenvalue weighted by Crippen LogP contribution is -2.20. The predicted octanol–water partition coefficient (Wildman–Crippen LogP) is 6.10. The number of rotatable bonds is 7. The zero-order chi connectivity index (χ0) is 22.8.